The van der Waals surface area contributed by atoms with Crippen LogP contribution in [-0.2, 0) is 9.53 Å². The van der Waals surface area contributed by atoms with Crippen molar-refractivity contribution < 1.29 is 24.9 Å². The van der Waals surface area contributed by atoms with Crippen molar-refractivity contribution in [2.75, 3.05) is 13.2 Å². The molecule has 96 valence electrons. The Hall–Kier alpha value is -0.690. The first-order valence-electron chi connectivity index (χ1n) is 5.24. The van der Waals surface area contributed by atoms with E-state index in [9.17, 15) is 9.90 Å². The molecule has 0 saturated heterocycles. The van der Waals surface area contributed by atoms with Gasteiger partial charge in [0.2, 0.25) is 5.91 Å². The van der Waals surface area contributed by atoms with Crippen molar-refractivity contribution in [3.63, 3.8) is 0 Å². The van der Waals surface area contributed by atoms with Crippen molar-refractivity contribution in [1.82, 2.24) is 5.32 Å². The molecule has 0 heterocycles. The molecule has 0 aliphatic rings. The number of carbonyl (C=O) groups excluding carboxylic acids is 1. The zero-order valence-electron chi connectivity index (χ0n) is 9.88. The lowest BCUT2D eigenvalue weighted by Gasteiger charge is -2.28. The highest BCUT2D eigenvalue weighted by atomic mass is 16.5. The van der Waals surface area contributed by atoms with E-state index in [1.165, 1.54) is 13.8 Å². The summed E-state index contributed by atoms with van der Waals surface area (Å²) in [4.78, 5) is 10.8. The number of aliphatic hydroxyl groups excluding tert-OH is 3. The summed E-state index contributed by atoms with van der Waals surface area (Å²) in [7, 11) is 0. The Labute approximate surface area is 95.2 Å². The van der Waals surface area contributed by atoms with E-state index in [2.05, 4.69) is 5.32 Å². The van der Waals surface area contributed by atoms with Crippen molar-refractivity contribution >= 4 is 5.91 Å². The average Bonchev–Trinajstić information content (AvgIpc) is 2.21. The third-order valence-electron chi connectivity index (χ3n) is 2.26. The molecule has 4 atom stereocenters. The summed E-state index contributed by atoms with van der Waals surface area (Å²) in [5.74, 6) is -0.271. The van der Waals surface area contributed by atoms with Crippen LogP contribution in [0.2, 0.25) is 0 Å². The van der Waals surface area contributed by atoms with E-state index in [1.807, 2.05) is 0 Å². The minimum absolute atomic E-state index is 0.265. The SMILES string of the molecule is CC(=O)N[C@@H](CO)C(C)OC(CO)[C@H](C)O. The van der Waals surface area contributed by atoms with Crippen LogP contribution in [0.25, 0.3) is 0 Å². The number of rotatable bonds is 7. The fourth-order valence-electron chi connectivity index (χ4n) is 1.25. The molecule has 1 amide bonds. The van der Waals surface area contributed by atoms with Crippen molar-refractivity contribution in [3.05, 3.63) is 0 Å². The Morgan fingerprint density at radius 3 is 2.19 bits per heavy atom. The van der Waals surface area contributed by atoms with Gasteiger partial charge in [-0.2, -0.15) is 0 Å². The van der Waals surface area contributed by atoms with Gasteiger partial charge in [-0.3, -0.25) is 4.79 Å². The molecule has 0 aliphatic carbocycles. The van der Waals surface area contributed by atoms with Crippen molar-refractivity contribution in [2.45, 2.75) is 45.1 Å². The van der Waals surface area contributed by atoms with Crippen molar-refractivity contribution in [3.8, 4) is 0 Å². The Balaban J connectivity index is 4.28. The predicted molar refractivity (Wildman–Crippen MR) is 57.8 cm³/mol. The van der Waals surface area contributed by atoms with Crippen LogP contribution in [0.1, 0.15) is 20.8 Å². The summed E-state index contributed by atoms with van der Waals surface area (Å²) >= 11 is 0. The zero-order valence-corrected chi connectivity index (χ0v) is 9.88. The molecule has 0 bridgehead atoms. The molecule has 0 aliphatic heterocycles. The van der Waals surface area contributed by atoms with Gasteiger partial charge in [-0.25, -0.2) is 0 Å². The second-order valence-electron chi connectivity index (χ2n) is 3.79. The minimum Gasteiger partial charge on any atom is -0.394 e. The molecule has 0 fully saturated rings. The quantitative estimate of drug-likeness (QED) is 0.436. The topological polar surface area (TPSA) is 99.0 Å². The lowest BCUT2D eigenvalue weighted by Crippen LogP contribution is -2.47. The Kier molecular flexibility index (Phi) is 7.24. The van der Waals surface area contributed by atoms with Gasteiger partial charge in [0.1, 0.15) is 6.10 Å². The summed E-state index contributed by atoms with van der Waals surface area (Å²) < 4.78 is 5.34. The van der Waals surface area contributed by atoms with Gasteiger partial charge in [0.15, 0.2) is 0 Å². The Morgan fingerprint density at radius 1 is 1.31 bits per heavy atom. The molecule has 0 aromatic rings. The largest absolute Gasteiger partial charge is 0.394 e. The van der Waals surface area contributed by atoms with Crippen molar-refractivity contribution in [1.29, 1.82) is 0 Å². The molecule has 2 unspecified atom stereocenters. The number of nitrogens with one attached hydrogen (secondary N) is 1. The standard InChI is InChI=1S/C10H21NO5/c1-6(14)10(5-13)16-7(2)9(4-12)11-8(3)15/h6-7,9-10,12-14H,4-5H2,1-3H3,(H,11,15)/t6-,7?,9-,10?/m0/s1. The summed E-state index contributed by atoms with van der Waals surface area (Å²) in [6.45, 7) is 3.91. The van der Waals surface area contributed by atoms with Crippen LogP contribution in [0.15, 0.2) is 0 Å². The number of hydrogen-bond donors (Lipinski definition) is 4. The van der Waals surface area contributed by atoms with E-state index in [0.29, 0.717) is 0 Å². The molecule has 0 rings (SSSR count). The first kappa shape index (κ1) is 15.3. The van der Waals surface area contributed by atoms with Crippen LogP contribution in [0.3, 0.4) is 0 Å². The highest BCUT2D eigenvalue weighted by Crippen LogP contribution is 2.06. The Morgan fingerprint density at radius 2 is 1.88 bits per heavy atom. The number of amides is 1. The smallest absolute Gasteiger partial charge is 0.217 e. The van der Waals surface area contributed by atoms with Crippen LogP contribution in [0, 0.1) is 0 Å². The van der Waals surface area contributed by atoms with Gasteiger partial charge in [-0.15, -0.1) is 0 Å². The highest BCUT2D eigenvalue weighted by molar-refractivity contribution is 5.73. The van der Waals surface area contributed by atoms with Crippen LogP contribution < -0.4 is 5.32 Å². The summed E-state index contributed by atoms with van der Waals surface area (Å²) in [5.41, 5.74) is 0. The molecule has 0 spiro atoms. The highest BCUT2D eigenvalue weighted by Gasteiger charge is 2.23. The predicted octanol–water partition coefficient (Wildman–Crippen LogP) is -1.37. The van der Waals surface area contributed by atoms with Gasteiger partial charge in [0.25, 0.3) is 0 Å². The van der Waals surface area contributed by atoms with Crippen LogP contribution in [0.4, 0.5) is 0 Å². The molecule has 0 aromatic carbocycles. The average molecular weight is 235 g/mol. The van der Waals surface area contributed by atoms with E-state index in [0.717, 1.165) is 0 Å². The van der Waals surface area contributed by atoms with Gasteiger partial charge in [-0.05, 0) is 13.8 Å². The molecule has 0 radical (unpaired) electrons. The van der Waals surface area contributed by atoms with Gasteiger partial charge >= 0.3 is 0 Å². The third-order valence-corrected chi connectivity index (χ3v) is 2.26. The fourth-order valence-corrected chi connectivity index (χ4v) is 1.25. The second-order valence-corrected chi connectivity index (χ2v) is 3.79. The number of carbonyl (C=O) groups is 1. The van der Waals surface area contributed by atoms with E-state index < -0.39 is 24.4 Å². The van der Waals surface area contributed by atoms with Gasteiger partial charge < -0.3 is 25.4 Å². The first-order valence-corrected chi connectivity index (χ1v) is 5.24. The monoisotopic (exact) mass is 235 g/mol. The maximum absolute atomic E-state index is 10.8. The van der Waals surface area contributed by atoms with E-state index in [-0.39, 0.29) is 19.1 Å². The number of ether oxygens (including phenoxy) is 1. The molecule has 16 heavy (non-hydrogen) atoms. The summed E-state index contributed by atoms with van der Waals surface area (Å²) in [6, 6.07) is -0.551. The Bertz CT molecular complexity index is 209. The van der Waals surface area contributed by atoms with Gasteiger partial charge in [0.05, 0.1) is 31.5 Å². The molecule has 0 aromatic heterocycles. The van der Waals surface area contributed by atoms with Gasteiger partial charge in [0, 0.05) is 6.92 Å². The molecule has 0 saturated carbocycles. The zero-order chi connectivity index (χ0) is 12.7. The second kappa shape index (κ2) is 7.56. The van der Waals surface area contributed by atoms with E-state index in [4.69, 9.17) is 14.9 Å². The van der Waals surface area contributed by atoms with E-state index in [1.54, 1.807) is 6.92 Å². The molecular formula is C10H21NO5. The minimum atomic E-state index is -0.816. The third kappa shape index (κ3) is 5.41. The number of hydrogen-bond acceptors (Lipinski definition) is 5. The lowest BCUT2D eigenvalue weighted by atomic mass is 10.1. The van der Waals surface area contributed by atoms with E-state index >= 15 is 0 Å². The lowest BCUT2D eigenvalue weighted by molar-refractivity contribution is -0.125. The van der Waals surface area contributed by atoms with Gasteiger partial charge in [-0.1, -0.05) is 0 Å². The molecule has 6 heteroatoms. The fraction of sp³-hybridized carbons (Fsp3) is 0.900. The van der Waals surface area contributed by atoms with Crippen LogP contribution in [-0.4, -0.2) is 58.8 Å². The molecule has 6 nitrogen and oxygen atoms in total. The molecule has 4 N–H and O–H groups in total. The van der Waals surface area contributed by atoms with Crippen LogP contribution in [0.5, 0.6) is 0 Å². The number of aliphatic hydroxyl groups is 3. The summed E-state index contributed by atoms with van der Waals surface area (Å²) in [5, 5.41) is 29.8. The molecular weight excluding hydrogens is 214 g/mol. The first-order chi connectivity index (χ1) is 7.42. The van der Waals surface area contributed by atoms with Crippen molar-refractivity contribution in [2.24, 2.45) is 0 Å². The normalized spacial score (nSPS) is 18.6. The maximum atomic E-state index is 10.8. The summed E-state index contributed by atoms with van der Waals surface area (Å²) in [6.07, 6.45) is -2.04. The van der Waals surface area contributed by atoms with Crippen LogP contribution >= 0.6 is 0 Å². The maximum Gasteiger partial charge on any atom is 0.217 e.